The van der Waals surface area contributed by atoms with Crippen LogP contribution in [0.5, 0.6) is 5.75 Å². The van der Waals surface area contributed by atoms with Crippen LogP contribution in [-0.4, -0.2) is 77.9 Å². The quantitative estimate of drug-likeness (QED) is 0.104. The number of phenols is 1. The van der Waals surface area contributed by atoms with Crippen LogP contribution in [0.3, 0.4) is 0 Å². The normalized spacial score (nSPS) is 16.2. The Labute approximate surface area is 328 Å². The second-order valence-electron chi connectivity index (χ2n) is 15.9. The number of aromatic hydroxyl groups is 1. The van der Waals surface area contributed by atoms with E-state index in [4.69, 9.17) is 23.5 Å². The van der Waals surface area contributed by atoms with Gasteiger partial charge >= 0.3 is 25.2 Å². The van der Waals surface area contributed by atoms with E-state index in [-0.39, 0.29) is 25.2 Å². The highest BCUT2D eigenvalue weighted by Gasteiger charge is 2.51. The minimum Gasteiger partial charge on any atom is -0.508 e. The zero-order valence-electron chi connectivity index (χ0n) is 33.4. The van der Waals surface area contributed by atoms with Crippen LogP contribution in [0.4, 0.5) is 4.79 Å². The molecule has 14 heteroatoms. The first-order chi connectivity index (χ1) is 26.2. The van der Waals surface area contributed by atoms with E-state index in [9.17, 15) is 29.1 Å². The lowest BCUT2D eigenvalue weighted by molar-refractivity contribution is -0.150. The molecule has 3 aromatic rings. The Balaban J connectivity index is 1.57. The van der Waals surface area contributed by atoms with E-state index < -0.39 is 84.5 Å². The third-order valence-electron chi connectivity index (χ3n) is 9.66. The maximum Gasteiger partial charge on any atom is 0.494 e. The molecule has 1 aliphatic heterocycles. The number of phenolic OH excluding ortho intramolecular Hbond substituents is 1. The molecule has 3 N–H and O–H groups in total. The van der Waals surface area contributed by atoms with E-state index in [1.807, 2.05) is 58.0 Å². The highest BCUT2D eigenvalue weighted by Crippen LogP contribution is 2.36. The van der Waals surface area contributed by atoms with Crippen molar-refractivity contribution in [1.29, 1.82) is 0 Å². The lowest BCUT2D eigenvalue weighted by Gasteiger charge is -2.32. The lowest BCUT2D eigenvalue weighted by Crippen LogP contribution is -2.48. The largest absolute Gasteiger partial charge is 0.508 e. The van der Waals surface area contributed by atoms with Crippen LogP contribution in [0.1, 0.15) is 78.0 Å². The van der Waals surface area contributed by atoms with Crippen molar-refractivity contribution in [3.63, 3.8) is 0 Å². The number of methoxy groups -OCH3 is 1. The molecule has 56 heavy (non-hydrogen) atoms. The van der Waals surface area contributed by atoms with Gasteiger partial charge in [0.1, 0.15) is 24.0 Å². The van der Waals surface area contributed by atoms with E-state index in [1.54, 1.807) is 57.2 Å². The number of amides is 2. The van der Waals surface area contributed by atoms with Crippen molar-refractivity contribution in [2.75, 3.05) is 7.11 Å². The summed E-state index contributed by atoms with van der Waals surface area (Å²) in [5, 5.41) is 15.3. The van der Waals surface area contributed by atoms with Crippen LogP contribution in [-0.2, 0) is 62.1 Å². The van der Waals surface area contributed by atoms with Gasteiger partial charge in [0, 0.05) is 19.3 Å². The smallest absolute Gasteiger partial charge is 0.494 e. The number of benzene rings is 3. The maximum atomic E-state index is 14.0. The Bertz CT molecular complexity index is 1830. The van der Waals surface area contributed by atoms with E-state index in [0.29, 0.717) is 11.1 Å². The first-order valence-corrected chi connectivity index (χ1v) is 18.6. The second kappa shape index (κ2) is 18.6. The number of esters is 2. The van der Waals surface area contributed by atoms with Gasteiger partial charge in [0.05, 0.1) is 36.7 Å². The second-order valence-corrected chi connectivity index (χ2v) is 15.9. The molecular weight excluding hydrogens is 719 g/mol. The fraction of sp³-hybridized carbons (Fsp3) is 0.452. The highest BCUT2D eigenvalue weighted by molar-refractivity contribution is 6.62. The van der Waals surface area contributed by atoms with Crippen molar-refractivity contribution in [1.82, 2.24) is 10.6 Å². The van der Waals surface area contributed by atoms with Gasteiger partial charge in [0.25, 0.3) is 0 Å². The molecule has 0 saturated carbocycles. The number of ether oxygens (including phenoxy) is 3. The Morgan fingerprint density at radius 1 is 0.768 bits per heavy atom. The minimum atomic E-state index is -1.29. The molecule has 3 aromatic carbocycles. The fourth-order valence-electron chi connectivity index (χ4n) is 5.88. The van der Waals surface area contributed by atoms with Gasteiger partial charge in [-0.3, -0.25) is 14.4 Å². The summed E-state index contributed by atoms with van der Waals surface area (Å²) < 4.78 is 28.2. The number of ketones is 1. The molecule has 0 radical (unpaired) electrons. The fourth-order valence-corrected chi connectivity index (χ4v) is 5.88. The minimum absolute atomic E-state index is 0.0161. The highest BCUT2D eigenvalue weighted by atomic mass is 16.7. The van der Waals surface area contributed by atoms with E-state index in [0.717, 1.165) is 18.1 Å². The third kappa shape index (κ3) is 12.7. The van der Waals surface area contributed by atoms with Crippen LogP contribution < -0.4 is 16.1 Å². The van der Waals surface area contributed by atoms with Crippen molar-refractivity contribution in [3.05, 3.63) is 95.6 Å². The summed E-state index contributed by atoms with van der Waals surface area (Å²) in [6, 6.07) is 20.1. The zero-order valence-corrected chi connectivity index (χ0v) is 33.4. The van der Waals surface area contributed by atoms with Crippen LogP contribution in [0.2, 0.25) is 0 Å². The van der Waals surface area contributed by atoms with Gasteiger partial charge in [-0.05, 0) is 82.8 Å². The van der Waals surface area contributed by atoms with Gasteiger partial charge in [-0.1, -0.05) is 66.7 Å². The molecule has 0 bridgehead atoms. The van der Waals surface area contributed by atoms with Crippen molar-refractivity contribution in [3.8, 4) is 5.75 Å². The summed E-state index contributed by atoms with van der Waals surface area (Å²) >= 11 is 0. The molecule has 3 atom stereocenters. The number of alkyl carbamates (subject to hydrolysis) is 1. The lowest BCUT2D eigenvalue weighted by atomic mass is 9.78. The van der Waals surface area contributed by atoms with Crippen LogP contribution >= 0.6 is 0 Å². The number of carbonyl (C=O) groups excluding carboxylic acids is 5. The summed E-state index contributed by atoms with van der Waals surface area (Å²) in [5.74, 6) is -4.19. The van der Waals surface area contributed by atoms with Crippen molar-refractivity contribution in [2.45, 2.75) is 110 Å². The summed E-state index contributed by atoms with van der Waals surface area (Å²) in [4.78, 5) is 67.0. The van der Waals surface area contributed by atoms with Gasteiger partial charge in [-0.2, -0.15) is 0 Å². The van der Waals surface area contributed by atoms with Gasteiger partial charge in [0.15, 0.2) is 5.78 Å². The molecule has 0 spiro atoms. The van der Waals surface area contributed by atoms with E-state index >= 15 is 0 Å². The number of carbonyl (C=O) groups is 5. The maximum absolute atomic E-state index is 14.0. The van der Waals surface area contributed by atoms with Crippen LogP contribution in [0.25, 0.3) is 0 Å². The number of nitrogens with one attached hydrogen (secondary N) is 2. The topological polar surface area (TPSA) is 176 Å². The third-order valence-corrected chi connectivity index (χ3v) is 9.66. The molecule has 0 unspecified atom stereocenters. The predicted octanol–water partition coefficient (Wildman–Crippen LogP) is 4.74. The van der Waals surface area contributed by atoms with Crippen molar-refractivity contribution < 1.29 is 52.6 Å². The van der Waals surface area contributed by atoms with Crippen LogP contribution in [0.15, 0.2) is 78.9 Å². The molecule has 2 amide bonds. The van der Waals surface area contributed by atoms with Crippen LogP contribution in [0, 0.1) is 5.92 Å². The summed E-state index contributed by atoms with van der Waals surface area (Å²) in [7, 11) is 0.559. The number of Topliss-reactive ketones (excluding diaryl/α,β-unsaturated/α-hetero) is 1. The molecule has 13 nitrogen and oxygen atoms in total. The molecular formula is C42H53BN2O11. The zero-order chi connectivity index (χ0) is 41.3. The molecule has 1 heterocycles. The number of hydrogen-bond acceptors (Lipinski definition) is 11. The van der Waals surface area contributed by atoms with Gasteiger partial charge < -0.3 is 39.3 Å². The molecule has 1 fully saturated rings. The van der Waals surface area contributed by atoms with E-state index in [1.165, 1.54) is 12.1 Å². The summed E-state index contributed by atoms with van der Waals surface area (Å²) in [5.41, 5.74) is 0.782. The van der Waals surface area contributed by atoms with E-state index in [2.05, 4.69) is 10.6 Å². The monoisotopic (exact) mass is 772 g/mol. The Hall–Kier alpha value is -5.21. The number of hydrogen-bond donors (Lipinski definition) is 3. The average Bonchev–Trinajstić information content (AvgIpc) is 3.35. The standard InChI is InChI=1S/C42H53BN2O11/c1-40(2,3)54-39(51)45-33(23-29-15-12-16-32(46)21-29)35(47)24-30(25-36(48)52-8)37(49)44-34(38(50)53-26-28-13-10-9-11-14-28)22-27-17-19-31(20-18-27)43-55-41(4,5)42(6,7)56-43/h9-21,30,33-34,46H,22-26H2,1-8H3,(H,44,49)(H,45,51)/t30-,33-,34-/m0/s1. The summed E-state index contributed by atoms with van der Waals surface area (Å²) in [6.07, 6.45) is -1.89. The molecule has 1 aliphatic rings. The molecule has 0 aromatic heterocycles. The summed E-state index contributed by atoms with van der Waals surface area (Å²) in [6.45, 7) is 12.8. The van der Waals surface area contributed by atoms with Gasteiger partial charge in [0.2, 0.25) is 5.91 Å². The average molecular weight is 773 g/mol. The molecule has 0 aliphatic carbocycles. The Morgan fingerprint density at radius 2 is 1.38 bits per heavy atom. The predicted molar refractivity (Wildman–Crippen MR) is 209 cm³/mol. The first-order valence-electron chi connectivity index (χ1n) is 18.6. The Morgan fingerprint density at radius 3 is 1.96 bits per heavy atom. The van der Waals surface area contributed by atoms with Gasteiger partial charge in [-0.25, -0.2) is 9.59 Å². The molecule has 300 valence electrons. The first kappa shape index (κ1) is 43.5. The number of rotatable bonds is 16. The SMILES string of the molecule is COC(=O)C[C@H](CC(=O)[C@H](Cc1cccc(O)c1)NC(=O)OC(C)(C)C)C(=O)N[C@@H](Cc1ccc(B2OC(C)(C)C(C)(C)O2)cc1)C(=O)OCc1ccccc1. The van der Waals surface area contributed by atoms with Crippen molar-refractivity contribution >= 4 is 42.3 Å². The molecule has 1 saturated heterocycles. The van der Waals surface area contributed by atoms with Gasteiger partial charge in [-0.15, -0.1) is 0 Å². The molecule has 4 rings (SSSR count). The van der Waals surface area contributed by atoms with Crippen molar-refractivity contribution in [2.24, 2.45) is 5.92 Å². The Kier molecular flexibility index (Phi) is 14.5.